The fraction of sp³-hybridized carbons (Fsp3) is 0.526. The van der Waals surface area contributed by atoms with Crippen LogP contribution >= 0.6 is 0 Å². The number of carbonyl (C=O) groups is 1. The van der Waals surface area contributed by atoms with Gasteiger partial charge in [0.25, 0.3) is 0 Å². The van der Waals surface area contributed by atoms with Crippen molar-refractivity contribution in [2.45, 2.75) is 38.3 Å². The van der Waals surface area contributed by atoms with E-state index in [2.05, 4.69) is 20.9 Å². The molecule has 0 aliphatic carbocycles. The average Bonchev–Trinajstić information content (AvgIpc) is 3.09. The predicted molar refractivity (Wildman–Crippen MR) is 96.7 cm³/mol. The summed E-state index contributed by atoms with van der Waals surface area (Å²) in [5.41, 5.74) is 1.60. The van der Waals surface area contributed by atoms with Gasteiger partial charge in [0.15, 0.2) is 0 Å². The molecule has 2 aliphatic rings. The zero-order valence-corrected chi connectivity index (χ0v) is 15.2. The number of nitrogens with one attached hydrogen (secondary N) is 2. The highest BCUT2D eigenvalue weighted by atomic mass is 19.1. The van der Waals surface area contributed by atoms with Crippen molar-refractivity contribution in [1.82, 2.24) is 25.6 Å². The van der Waals surface area contributed by atoms with Crippen LogP contribution in [0.15, 0.2) is 24.4 Å². The quantitative estimate of drug-likeness (QED) is 0.832. The number of hydrogen-bond donors (Lipinski definition) is 2. The molecular weight excluding hydrogens is 349 g/mol. The Bertz CT molecular complexity index is 803. The number of rotatable bonds is 5. The first-order valence-corrected chi connectivity index (χ1v) is 9.49. The molecule has 2 N–H and O–H groups in total. The molecule has 1 unspecified atom stereocenters. The lowest BCUT2D eigenvalue weighted by molar-refractivity contribution is -0.122. The number of fused-ring (bicyclic) bond motifs is 1. The highest BCUT2D eigenvalue weighted by molar-refractivity contribution is 5.76. The molecule has 1 atom stereocenters. The summed E-state index contributed by atoms with van der Waals surface area (Å²) >= 11 is 0. The molecule has 144 valence electrons. The number of carbonyl (C=O) groups excluding carboxylic acids is 1. The number of ether oxygens (including phenoxy) is 1. The Balaban J connectivity index is 1.34. The lowest BCUT2D eigenvalue weighted by Crippen LogP contribution is -2.34. The molecule has 4 rings (SSSR count). The van der Waals surface area contributed by atoms with Crippen molar-refractivity contribution in [3.63, 3.8) is 0 Å². The van der Waals surface area contributed by atoms with Gasteiger partial charge in [0.2, 0.25) is 5.91 Å². The van der Waals surface area contributed by atoms with Gasteiger partial charge in [-0.05, 0) is 56.5 Å². The molecule has 0 spiro atoms. The molecule has 2 aliphatic heterocycles. The van der Waals surface area contributed by atoms with Gasteiger partial charge in [-0.2, -0.15) is 0 Å². The van der Waals surface area contributed by atoms with Crippen LogP contribution in [0.2, 0.25) is 0 Å². The van der Waals surface area contributed by atoms with Crippen molar-refractivity contribution in [2.75, 3.05) is 19.7 Å². The van der Waals surface area contributed by atoms with Gasteiger partial charge in [-0.15, -0.1) is 5.10 Å². The predicted octanol–water partition coefficient (Wildman–Crippen LogP) is 1.60. The third-order valence-corrected chi connectivity index (χ3v) is 5.19. The highest BCUT2D eigenvalue weighted by Gasteiger charge is 2.24. The van der Waals surface area contributed by atoms with Crippen molar-refractivity contribution in [2.24, 2.45) is 5.92 Å². The van der Waals surface area contributed by atoms with Gasteiger partial charge in [0, 0.05) is 18.2 Å². The number of amides is 1. The zero-order valence-electron chi connectivity index (χ0n) is 15.2. The first-order chi connectivity index (χ1) is 13.2. The van der Waals surface area contributed by atoms with Crippen LogP contribution in [-0.2, 0) is 17.8 Å². The fourth-order valence-electron chi connectivity index (χ4n) is 3.79. The summed E-state index contributed by atoms with van der Waals surface area (Å²) < 4.78 is 20.7. The van der Waals surface area contributed by atoms with Gasteiger partial charge in [0.1, 0.15) is 18.1 Å². The van der Waals surface area contributed by atoms with Gasteiger partial charge in [-0.1, -0.05) is 5.21 Å². The Morgan fingerprint density at radius 1 is 1.33 bits per heavy atom. The molecule has 27 heavy (non-hydrogen) atoms. The van der Waals surface area contributed by atoms with E-state index in [-0.39, 0.29) is 24.3 Å². The third kappa shape index (κ3) is 4.44. The molecule has 7 nitrogen and oxygen atoms in total. The van der Waals surface area contributed by atoms with E-state index in [9.17, 15) is 9.18 Å². The Morgan fingerprint density at radius 2 is 2.19 bits per heavy atom. The lowest BCUT2D eigenvalue weighted by Gasteiger charge is -2.26. The minimum Gasteiger partial charge on any atom is -0.493 e. The van der Waals surface area contributed by atoms with Crippen molar-refractivity contribution in [3.8, 4) is 5.75 Å². The Labute approximate surface area is 157 Å². The molecule has 1 amide bonds. The SMILES string of the molecule is O=C(Cn1cc(CC2CCNCC2)nn1)NC1CCOc2ccc(F)cc21. The molecule has 1 fully saturated rings. The summed E-state index contributed by atoms with van der Waals surface area (Å²) in [5.74, 6) is 0.740. The van der Waals surface area contributed by atoms with E-state index in [1.54, 1.807) is 10.7 Å². The van der Waals surface area contributed by atoms with Crippen LogP contribution in [0.25, 0.3) is 0 Å². The van der Waals surface area contributed by atoms with Crippen molar-refractivity contribution < 1.29 is 13.9 Å². The first kappa shape index (κ1) is 17.9. The first-order valence-electron chi connectivity index (χ1n) is 9.49. The van der Waals surface area contributed by atoms with Crippen LogP contribution in [0.3, 0.4) is 0 Å². The van der Waals surface area contributed by atoms with E-state index < -0.39 is 0 Å². The standard InChI is InChI=1S/C19H24FN5O2/c20-14-1-2-18-16(10-14)17(5-8-27-18)22-19(26)12-25-11-15(23-24-25)9-13-3-6-21-7-4-13/h1-2,10-11,13,17,21H,3-9,12H2,(H,22,26). The molecule has 0 radical (unpaired) electrons. The summed E-state index contributed by atoms with van der Waals surface area (Å²) in [4.78, 5) is 12.4. The molecule has 2 aromatic rings. The van der Waals surface area contributed by atoms with E-state index in [1.807, 2.05) is 6.20 Å². The maximum atomic E-state index is 13.6. The molecule has 8 heteroatoms. The topological polar surface area (TPSA) is 81.1 Å². The van der Waals surface area contributed by atoms with Gasteiger partial charge in [0.05, 0.1) is 18.3 Å². The second kappa shape index (κ2) is 8.04. The van der Waals surface area contributed by atoms with E-state index in [0.29, 0.717) is 30.3 Å². The number of aromatic nitrogens is 3. The fourth-order valence-corrected chi connectivity index (χ4v) is 3.79. The van der Waals surface area contributed by atoms with Crippen LogP contribution in [0.5, 0.6) is 5.75 Å². The summed E-state index contributed by atoms with van der Waals surface area (Å²) in [6, 6.07) is 4.14. The van der Waals surface area contributed by atoms with E-state index >= 15 is 0 Å². The van der Waals surface area contributed by atoms with Crippen LogP contribution in [0.4, 0.5) is 4.39 Å². The summed E-state index contributed by atoms with van der Waals surface area (Å²) in [5, 5.41) is 14.6. The van der Waals surface area contributed by atoms with Crippen LogP contribution in [0, 0.1) is 11.7 Å². The Hall–Kier alpha value is -2.48. The number of nitrogens with zero attached hydrogens (tertiary/aromatic N) is 3. The minimum atomic E-state index is -0.336. The molecule has 1 saturated heterocycles. The number of piperidine rings is 1. The molecule has 3 heterocycles. The van der Waals surface area contributed by atoms with Gasteiger partial charge in [-0.25, -0.2) is 9.07 Å². The van der Waals surface area contributed by atoms with E-state index in [0.717, 1.165) is 38.0 Å². The molecule has 1 aromatic carbocycles. The maximum Gasteiger partial charge on any atom is 0.242 e. The number of benzene rings is 1. The maximum absolute atomic E-state index is 13.6. The second-order valence-corrected chi connectivity index (χ2v) is 7.24. The lowest BCUT2D eigenvalue weighted by atomic mass is 9.93. The minimum absolute atomic E-state index is 0.0984. The van der Waals surface area contributed by atoms with Gasteiger partial charge >= 0.3 is 0 Å². The monoisotopic (exact) mass is 373 g/mol. The smallest absolute Gasteiger partial charge is 0.242 e. The number of halogens is 1. The summed E-state index contributed by atoms with van der Waals surface area (Å²) in [7, 11) is 0. The normalized spacial score (nSPS) is 20.0. The van der Waals surface area contributed by atoms with Crippen LogP contribution < -0.4 is 15.4 Å². The third-order valence-electron chi connectivity index (χ3n) is 5.19. The van der Waals surface area contributed by atoms with E-state index in [4.69, 9.17) is 4.74 Å². The van der Waals surface area contributed by atoms with Crippen molar-refractivity contribution in [3.05, 3.63) is 41.5 Å². The van der Waals surface area contributed by atoms with Crippen molar-refractivity contribution in [1.29, 1.82) is 0 Å². The molecule has 0 bridgehead atoms. The molecule has 1 aromatic heterocycles. The van der Waals surface area contributed by atoms with Crippen molar-refractivity contribution >= 4 is 5.91 Å². The van der Waals surface area contributed by atoms with Gasteiger partial charge in [-0.3, -0.25) is 4.79 Å². The largest absolute Gasteiger partial charge is 0.493 e. The van der Waals surface area contributed by atoms with Gasteiger partial charge < -0.3 is 15.4 Å². The van der Waals surface area contributed by atoms with E-state index in [1.165, 1.54) is 12.1 Å². The summed E-state index contributed by atoms with van der Waals surface area (Å²) in [6.45, 7) is 2.69. The summed E-state index contributed by atoms with van der Waals surface area (Å²) in [6.07, 6.45) is 5.65. The average molecular weight is 373 g/mol. The van der Waals surface area contributed by atoms with Crippen LogP contribution in [0.1, 0.15) is 36.6 Å². The zero-order chi connectivity index (χ0) is 18.6. The Morgan fingerprint density at radius 3 is 3.04 bits per heavy atom. The number of hydrogen-bond acceptors (Lipinski definition) is 5. The Kier molecular flexibility index (Phi) is 5.33. The molecule has 0 saturated carbocycles. The van der Waals surface area contributed by atoms with Crippen LogP contribution in [-0.4, -0.2) is 40.6 Å². The second-order valence-electron chi connectivity index (χ2n) is 7.24. The highest BCUT2D eigenvalue weighted by Crippen LogP contribution is 2.32. The molecular formula is C19H24FN5O2.